The Balaban J connectivity index is 2.57. The van der Waals surface area contributed by atoms with Crippen molar-refractivity contribution in [2.45, 2.75) is 26.3 Å². The number of hydrogen-bond donors (Lipinski definition) is 2. The molecule has 118 valence electrons. The molecule has 21 heavy (non-hydrogen) atoms. The van der Waals surface area contributed by atoms with Gasteiger partial charge in [0.2, 0.25) is 5.91 Å². The number of anilines is 1. The molecule has 0 unspecified atom stereocenters. The Morgan fingerprint density at radius 3 is 2.62 bits per heavy atom. The molecule has 0 aromatic heterocycles. The predicted octanol–water partition coefficient (Wildman–Crippen LogP) is 1.51. The number of rotatable bonds is 11. The van der Waals surface area contributed by atoms with Gasteiger partial charge >= 0.3 is 0 Å². The minimum atomic E-state index is -0.295. The van der Waals surface area contributed by atoms with Crippen LogP contribution in [0.1, 0.15) is 25.3 Å². The van der Waals surface area contributed by atoms with Gasteiger partial charge in [-0.25, -0.2) is 0 Å². The summed E-state index contributed by atoms with van der Waals surface area (Å²) in [5.74, 6) is -0.295. The molecule has 0 spiro atoms. The van der Waals surface area contributed by atoms with Crippen molar-refractivity contribution >= 4 is 11.6 Å². The second kappa shape index (κ2) is 10.2. The van der Waals surface area contributed by atoms with Crippen LogP contribution in [0.15, 0.2) is 24.3 Å². The Morgan fingerprint density at radius 2 is 2.05 bits per heavy atom. The van der Waals surface area contributed by atoms with Crippen LogP contribution in [-0.4, -0.2) is 39.3 Å². The van der Waals surface area contributed by atoms with Crippen molar-refractivity contribution in [1.29, 1.82) is 0 Å². The standard InChI is InChI=1S/C16H27N3O2/c1-3-4-10-19(13-16(17)20)15-7-5-14(6-8-15)12-18-9-11-21-2/h5-8,18H,3-4,9-13H2,1-2H3,(H2,17,20). The molecule has 0 aliphatic heterocycles. The molecule has 0 bridgehead atoms. The maximum absolute atomic E-state index is 11.2. The number of carbonyl (C=O) groups is 1. The summed E-state index contributed by atoms with van der Waals surface area (Å²) in [6, 6.07) is 8.25. The van der Waals surface area contributed by atoms with Gasteiger partial charge < -0.3 is 20.7 Å². The fraction of sp³-hybridized carbons (Fsp3) is 0.562. The average molecular weight is 293 g/mol. The highest BCUT2D eigenvalue weighted by Gasteiger charge is 2.08. The van der Waals surface area contributed by atoms with E-state index in [2.05, 4.69) is 24.4 Å². The van der Waals surface area contributed by atoms with Crippen LogP contribution in [0.2, 0.25) is 0 Å². The zero-order valence-electron chi connectivity index (χ0n) is 13.1. The fourth-order valence-corrected chi connectivity index (χ4v) is 2.07. The summed E-state index contributed by atoms with van der Waals surface area (Å²) in [7, 11) is 1.69. The Hall–Kier alpha value is -1.59. The van der Waals surface area contributed by atoms with Gasteiger partial charge in [0, 0.05) is 32.4 Å². The smallest absolute Gasteiger partial charge is 0.236 e. The molecule has 0 saturated carbocycles. The van der Waals surface area contributed by atoms with E-state index in [0.29, 0.717) is 6.61 Å². The summed E-state index contributed by atoms with van der Waals surface area (Å²) < 4.78 is 4.99. The number of nitrogens with two attached hydrogens (primary N) is 1. The first-order valence-electron chi connectivity index (χ1n) is 7.49. The second-order valence-electron chi connectivity index (χ2n) is 5.08. The lowest BCUT2D eigenvalue weighted by Gasteiger charge is -2.23. The Bertz CT molecular complexity index is 406. The summed E-state index contributed by atoms with van der Waals surface area (Å²) in [6.07, 6.45) is 2.14. The molecule has 0 fully saturated rings. The van der Waals surface area contributed by atoms with E-state index in [9.17, 15) is 4.79 Å². The first kappa shape index (κ1) is 17.5. The molecule has 5 heteroatoms. The summed E-state index contributed by atoms with van der Waals surface area (Å²) in [4.78, 5) is 13.2. The van der Waals surface area contributed by atoms with Gasteiger partial charge in [-0.3, -0.25) is 4.79 Å². The van der Waals surface area contributed by atoms with Gasteiger partial charge in [0.25, 0.3) is 0 Å². The molecule has 1 amide bonds. The van der Waals surface area contributed by atoms with Gasteiger partial charge in [-0.1, -0.05) is 25.5 Å². The van der Waals surface area contributed by atoms with Gasteiger partial charge in [-0.15, -0.1) is 0 Å². The van der Waals surface area contributed by atoms with E-state index >= 15 is 0 Å². The normalized spacial score (nSPS) is 10.6. The minimum absolute atomic E-state index is 0.269. The number of methoxy groups -OCH3 is 1. The lowest BCUT2D eigenvalue weighted by molar-refractivity contribution is -0.116. The molecule has 5 nitrogen and oxygen atoms in total. The van der Waals surface area contributed by atoms with Gasteiger partial charge in [0.15, 0.2) is 0 Å². The molecule has 1 rings (SSSR count). The number of primary amides is 1. The van der Waals surface area contributed by atoms with Gasteiger partial charge in [0.1, 0.15) is 0 Å². The monoisotopic (exact) mass is 293 g/mol. The van der Waals surface area contributed by atoms with Gasteiger partial charge in [0.05, 0.1) is 13.2 Å². The number of nitrogens with one attached hydrogen (secondary N) is 1. The first-order chi connectivity index (χ1) is 10.2. The van der Waals surface area contributed by atoms with Crippen molar-refractivity contribution in [1.82, 2.24) is 5.32 Å². The van der Waals surface area contributed by atoms with Crippen LogP contribution in [0.5, 0.6) is 0 Å². The number of nitrogens with zero attached hydrogens (tertiary/aromatic N) is 1. The number of benzene rings is 1. The summed E-state index contributed by atoms with van der Waals surface area (Å²) >= 11 is 0. The van der Waals surface area contributed by atoms with Crippen molar-refractivity contribution in [3.8, 4) is 0 Å². The van der Waals surface area contributed by atoms with E-state index in [-0.39, 0.29) is 12.5 Å². The van der Waals surface area contributed by atoms with Gasteiger partial charge in [-0.05, 0) is 24.1 Å². The quantitative estimate of drug-likeness (QED) is 0.607. The maximum Gasteiger partial charge on any atom is 0.236 e. The third kappa shape index (κ3) is 7.11. The SMILES string of the molecule is CCCCN(CC(N)=O)c1ccc(CNCCOC)cc1. The van der Waals surface area contributed by atoms with Gasteiger partial charge in [-0.2, -0.15) is 0 Å². The van der Waals surface area contributed by atoms with E-state index in [0.717, 1.165) is 38.2 Å². The van der Waals surface area contributed by atoms with Crippen molar-refractivity contribution in [2.75, 3.05) is 38.3 Å². The summed E-state index contributed by atoms with van der Waals surface area (Å²) in [5, 5.41) is 3.31. The van der Waals surface area contributed by atoms with Crippen LogP contribution < -0.4 is 16.0 Å². The Morgan fingerprint density at radius 1 is 1.33 bits per heavy atom. The fourth-order valence-electron chi connectivity index (χ4n) is 2.07. The molecule has 0 saturated heterocycles. The van der Waals surface area contributed by atoms with E-state index in [1.54, 1.807) is 7.11 Å². The Kier molecular flexibility index (Phi) is 8.47. The van der Waals surface area contributed by atoms with E-state index in [4.69, 9.17) is 10.5 Å². The molecule has 0 heterocycles. The molecule has 1 aromatic rings. The molecule has 1 aromatic carbocycles. The lowest BCUT2D eigenvalue weighted by atomic mass is 10.2. The second-order valence-corrected chi connectivity index (χ2v) is 5.08. The van der Waals surface area contributed by atoms with Crippen molar-refractivity contribution in [3.05, 3.63) is 29.8 Å². The Labute approximate surface area is 127 Å². The van der Waals surface area contributed by atoms with Crippen LogP contribution in [0.3, 0.4) is 0 Å². The van der Waals surface area contributed by atoms with Crippen LogP contribution in [-0.2, 0) is 16.1 Å². The van der Waals surface area contributed by atoms with Crippen molar-refractivity contribution < 1.29 is 9.53 Å². The number of unbranched alkanes of at least 4 members (excludes halogenated alkanes) is 1. The van der Waals surface area contributed by atoms with E-state index < -0.39 is 0 Å². The number of amides is 1. The molecule has 3 N–H and O–H groups in total. The number of hydrogen-bond acceptors (Lipinski definition) is 4. The minimum Gasteiger partial charge on any atom is -0.383 e. The first-order valence-corrected chi connectivity index (χ1v) is 7.49. The van der Waals surface area contributed by atoms with Crippen LogP contribution in [0.25, 0.3) is 0 Å². The molecule has 0 aliphatic rings. The van der Waals surface area contributed by atoms with Crippen molar-refractivity contribution in [3.63, 3.8) is 0 Å². The lowest BCUT2D eigenvalue weighted by Crippen LogP contribution is -2.34. The average Bonchev–Trinajstić information content (AvgIpc) is 2.48. The van der Waals surface area contributed by atoms with Crippen molar-refractivity contribution in [2.24, 2.45) is 5.73 Å². The molecular formula is C16H27N3O2. The topological polar surface area (TPSA) is 67.6 Å². The summed E-state index contributed by atoms with van der Waals surface area (Å²) in [5.41, 5.74) is 7.58. The number of ether oxygens (including phenoxy) is 1. The maximum atomic E-state index is 11.2. The zero-order chi connectivity index (χ0) is 15.5. The third-order valence-electron chi connectivity index (χ3n) is 3.24. The van der Waals surface area contributed by atoms with E-state index in [1.165, 1.54) is 5.56 Å². The predicted molar refractivity (Wildman–Crippen MR) is 86.3 cm³/mol. The number of carbonyl (C=O) groups excluding carboxylic acids is 1. The molecule has 0 atom stereocenters. The van der Waals surface area contributed by atoms with E-state index in [1.807, 2.05) is 17.0 Å². The highest BCUT2D eigenvalue weighted by atomic mass is 16.5. The molecule has 0 radical (unpaired) electrons. The molecule has 0 aliphatic carbocycles. The summed E-state index contributed by atoms with van der Waals surface area (Å²) in [6.45, 7) is 5.62. The van der Waals surface area contributed by atoms with Crippen LogP contribution in [0.4, 0.5) is 5.69 Å². The highest BCUT2D eigenvalue weighted by molar-refractivity contribution is 5.79. The largest absolute Gasteiger partial charge is 0.383 e. The molecular weight excluding hydrogens is 266 g/mol. The highest BCUT2D eigenvalue weighted by Crippen LogP contribution is 2.16. The van der Waals surface area contributed by atoms with Crippen LogP contribution >= 0.6 is 0 Å². The van der Waals surface area contributed by atoms with Crippen LogP contribution in [0, 0.1) is 0 Å². The zero-order valence-corrected chi connectivity index (χ0v) is 13.1. The third-order valence-corrected chi connectivity index (χ3v) is 3.24.